The maximum atomic E-state index is 12.2. The van der Waals surface area contributed by atoms with Gasteiger partial charge in [-0.1, -0.05) is 0 Å². The van der Waals surface area contributed by atoms with E-state index in [0.717, 1.165) is 25.5 Å². The highest BCUT2D eigenvalue weighted by molar-refractivity contribution is 7.07. The van der Waals surface area contributed by atoms with Gasteiger partial charge in [0.1, 0.15) is 5.69 Å². The summed E-state index contributed by atoms with van der Waals surface area (Å²) in [5, 5.41) is 4.94. The molecule has 1 N–H and O–H groups in total. The number of fused-ring (bicyclic) bond motifs is 1. The molecule has 0 aromatic carbocycles. The van der Waals surface area contributed by atoms with Crippen LogP contribution in [0, 0.1) is 5.92 Å². The normalized spacial score (nSPS) is 32.9. The van der Waals surface area contributed by atoms with Gasteiger partial charge in [-0.2, -0.15) is 0 Å². The van der Waals surface area contributed by atoms with E-state index in [0.29, 0.717) is 11.7 Å². The van der Waals surface area contributed by atoms with Crippen molar-refractivity contribution in [3.63, 3.8) is 0 Å². The van der Waals surface area contributed by atoms with Gasteiger partial charge in [-0.15, -0.1) is 11.3 Å². The quantitative estimate of drug-likeness (QED) is 0.916. The van der Waals surface area contributed by atoms with Gasteiger partial charge < -0.3 is 10.1 Å². The van der Waals surface area contributed by atoms with Crippen molar-refractivity contribution >= 4 is 17.2 Å². The average molecular weight is 307 g/mol. The molecular formula is C15H21N3O2S. The first-order valence-corrected chi connectivity index (χ1v) is 8.80. The molecule has 0 radical (unpaired) electrons. The van der Waals surface area contributed by atoms with Crippen LogP contribution in [0.4, 0.5) is 0 Å². The van der Waals surface area contributed by atoms with Crippen LogP contribution < -0.4 is 5.32 Å². The molecule has 1 saturated carbocycles. The second kappa shape index (κ2) is 5.66. The number of nitrogens with zero attached hydrogens (tertiary/aromatic N) is 2. The van der Waals surface area contributed by atoms with Gasteiger partial charge in [0, 0.05) is 31.1 Å². The maximum Gasteiger partial charge on any atom is 0.271 e. The Morgan fingerprint density at radius 3 is 3.14 bits per heavy atom. The lowest BCUT2D eigenvalue weighted by atomic mass is 10.0. The number of aromatic nitrogens is 1. The summed E-state index contributed by atoms with van der Waals surface area (Å²) in [5.41, 5.74) is 2.22. The van der Waals surface area contributed by atoms with Crippen LogP contribution in [0.15, 0.2) is 10.9 Å². The molecule has 0 unspecified atom stereocenters. The Labute approximate surface area is 128 Å². The van der Waals surface area contributed by atoms with E-state index in [1.807, 2.05) is 0 Å². The number of carbonyl (C=O) groups is 1. The van der Waals surface area contributed by atoms with Gasteiger partial charge >= 0.3 is 0 Å². The van der Waals surface area contributed by atoms with E-state index >= 15 is 0 Å². The van der Waals surface area contributed by atoms with Crippen LogP contribution in [-0.4, -0.2) is 53.7 Å². The molecule has 2 saturated heterocycles. The lowest BCUT2D eigenvalue weighted by Crippen LogP contribution is -2.47. The third-order valence-electron chi connectivity index (χ3n) is 4.80. The molecule has 1 aromatic rings. The highest BCUT2D eigenvalue weighted by atomic mass is 32.1. The van der Waals surface area contributed by atoms with E-state index in [-0.39, 0.29) is 18.1 Å². The lowest BCUT2D eigenvalue weighted by molar-refractivity contribution is -0.0205. The molecule has 0 bridgehead atoms. The van der Waals surface area contributed by atoms with Crippen LogP contribution >= 0.6 is 11.3 Å². The number of hydrogen-bond acceptors (Lipinski definition) is 5. The monoisotopic (exact) mass is 307 g/mol. The van der Waals surface area contributed by atoms with Gasteiger partial charge in [-0.3, -0.25) is 9.69 Å². The summed E-state index contributed by atoms with van der Waals surface area (Å²) >= 11 is 1.45. The molecule has 2 aliphatic heterocycles. The smallest absolute Gasteiger partial charge is 0.271 e. The van der Waals surface area contributed by atoms with Crippen molar-refractivity contribution < 1.29 is 9.53 Å². The SMILES string of the molecule is O=C(N[C@@H]1CN(CC2CC2)[C@@H]2CCCO[C@@H]21)c1cscn1. The van der Waals surface area contributed by atoms with E-state index < -0.39 is 0 Å². The molecule has 21 heavy (non-hydrogen) atoms. The van der Waals surface area contributed by atoms with E-state index in [4.69, 9.17) is 4.74 Å². The molecule has 1 aliphatic carbocycles. The molecule has 114 valence electrons. The van der Waals surface area contributed by atoms with Crippen molar-refractivity contribution in [2.45, 2.75) is 43.9 Å². The minimum atomic E-state index is -0.0672. The van der Waals surface area contributed by atoms with Crippen LogP contribution in [0.5, 0.6) is 0 Å². The van der Waals surface area contributed by atoms with Crippen molar-refractivity contribution in [1.29, 1.82) is 0 Å². The molecule has 3 aliphatic rings. The number of ether oxygens (including phenoxy) is 1. The van der Waals surface area contributed by atoms with Crippen molar-refractivity contribution in [3.8, 4) is 0 Å². The van der Waals surface area contributed by atoms with Crippen LogP contribution in [-0.2, 0) is 4.74 Å². The number of carbonyl (C=O) groups excluding carboxylic acids is 1. The maximum absolute atomic E-state index is 12.2. The topological polar surface area (TPSA) is 54.5 Å². The van der Waals surface area contributed by atoms with E-state index in [2.05, 4.69) is 15.2 Å². The average Bonchev–Trinajstić information content (AvgIpc) is 3.02. The van der Waals surface area contributed by atoms with Crippen molar-refractivity contribution in [2.75, 3.05) is 19.7 Å². The van der Waals surface area contributed by atoms with Crippen molar-refractivity contribution in [3.05, 3.63) is 16.6 Å². The van der Waals surface area contributed by atoms with Gasteiger partial charge in [-0.25, -0.2) is 4.98 Å². The second-order valence-electron chi connectivity index (χ2n) is 6.40. The Hall–Kier alpha value is -0.980. The van der Waals surface area contributed by atoms with Crippen LogP contribution in [0.2, 0.25) is 0 Å². The summed E-state index contributed by atoms with van der Waals surface area (Å²) in [4.78, 5) is 18.9. The molecule has 4 rings (SSSR count). The minimum Gasteiger partial charge on any atom is -0.374 e. The fourth-order valence-electron chi connectivity index (χ4n) is 3.59. The molecule has 3 fully saturated rings. The number of rotatable bonds is 4. The zero-order valence-electron chi connectivity index (χ0n) is 12.0. The predicted octanol–water partition coefficient (Wildman–Crippen LogP) is 1.51. The number of amides is 1. The van der Waals surface area contributed by atoms with Crippen molar-refractivity contribution in [2.24, 2.45) is 5.92 Å². The lowest BCUT2D eigenvalue weighted by Gasteiger charge is -2.32. The van der Waals surface area contributed by atoms with Gasteiger partial charge in [-0.05, 0) is 31.6 Å². The first-order valence-electron chi connectivity index (χ1n) is 7.86. The molecule has 3 heterocycles. The fraction of sp³-hybridized carbons (Fsp3) is 0.733. The van der Waals surface area contributed by atoms with Gasteiger partial charge in [0.15, 0.2) is 0 Å². The fourth-order valence-corrected chi connectivity index (χ4v) is 4.12. The first-order chi connectivity index (χ1) is 10.3. The summed E-state index contributed by atoms with van der Waals surface area (Å²) < 4.78 is 5.99. The van der Waals surface area contributed by atoms with Gasteiger partial charge in [0.25, 0.3) is 5.91 Å². The van der Waals surface area contributed by atoms with Crippen LogP contribution in [0.1, 0.15) is 36.2 Å². The minimum absolute atomic E-state index is 0.0672. The summed E-state index contributed by atoms with van der Waals surface area (Å²) in [6.45, 7) is 2.91. The first kappa shape index (κ1) is 13.7. The Bertz CT molecular complexity index is 503. The molecule has 5 nitrogen and oxygen atoms in total. The molecule has 1 amide bonds. The summed E-state index contributed by atoms with van der Waals surface area (Å²) in [6.07, 6.45) is 5.21. The van der Waals surface area contributed by atoms with E-state index in [1.165, 1.54) is 37.1 Å². The largest absolute Gasteiger partial charge is 0.374 e. The Morgan fingerprint density at radius 1 is 1.48 bits per heavy atom. The summed E-state index contributed by atoms with van der Waals surface area (Å²) in [5.74, 6) is 0.808. The molecular weight excluding hydrogens is 286 g/mol. The van der Waals surface area contributed by atoms with Crippen LogP contribution in [0.3, 0.4) is 0 Å². The highest BCUT2D eigenvalue weighted by Gasteiger charge is 2.45. The van der Waals surface area contributed by atoms with Crippen molar-refractivity contribution in [1.82, 2.24) is 15.2 Å². The Morgan fingerprint density at radius 2 is 2.38 bits per heavy atom. The molecule has 6 heteroatoms. The standard InChI is InChI=1S/C15H21N3O2S/c19-15(12-8-21-9-16-12)17-11-7-18(6-10-3-4-10)13-2-1-5-20-14(11)13/h8-11,13-14H,1-7H2,(H,17,19)/t11-,13-,14-/m1/s1. The zero-order chi connectivity index (χ0) is 14.2. The number of hydrogen-bond donors (Lipinski definition) is 1. The third-order valence-corrected chi connectivity index (χ3v) is 5.39. The summed E-state index contributed by atoms with van der Waals surface area (Å²) in [6, 6.07) is 0.586. The van der Waals surface area contributed by atoms with E-state index in [1.54, 1.807) is 10.9 Å². The number of nitrogens with one attached hydrogen (secondary N) is 1. The summed E-state index contributed by atoms with van der Waals surface area (Å²) in [7, 11) is 0. The number of thiazole rings is 1. The van der Waals surface area contributed by atoms with Gasteiger partial charge in [0.2, 0.25) is 0 Å². The van der Waals surface area contributed by atoms with Crippen LogP contribution in [0.25, 0.3) is 0 Å². The molecule has 3 atom stereocenters. The zero-order valence-corrected chi connectivity index (χ0v) is 12.8. The molecule has 1 aromatic heterocycles. The third kappa shape index (κ3) is 2.84. The number of likely N-dealkylation sites (tertiary alicyclic amines) is 1. The van der Waals surface area contributed by atoms with Gasteiger partial charge in [0.05, 0.1) is 17.7 Å². The Kier molecular flexibility index (Phi) is 3.69. The van der Waals surface area contributed by atoms with E-state index in [9.17, 15) is 4.79 Å². The molecule has 0 spiro atoms. The Balaban J connectivity index is 1.45. The highest BCUT2D eigenvalue weighted by Crippen LogP contribution is 2.35. The second-order valence-corrected chi connectivity index (χ2v) is 7.11. The predicted molar refractivity (Wildman–Crippen MR) is 80.4 cm³/mol.